The molecule has 0 aromatic rings. The molecule has 2 unspecified atom stereocenters. The van der Waals surface area contributed by atoms with Crippen molar-refractivity contribution in [2.24, 2.45) is 11.7 Å². The normalized spacial score (nSPS) is 32.8. The Kier molecular flexibility index (Phi) is 4.39. The van der Waals surface area contributed by atoms with Gasteiger partial charge in [0, 0.05) is 12.1 Å². The van der Waals surface area contributed by atoms with Crippen LogP contribution in [0.5, 0.6) is 0 Å². The Morgan fingerprint density at radius 2 is 2.14 bits per heavy atom. The van der Waals surface area contributed by atoms with Crippen LogP contribution in [0.3, 0.4) is 0 Å². The molecular weight excluding hydrogens is 172 g/mol. The van der Waals surface area contributed by atoms with Crippen LogP contribution in [0.1, 0.15) is 46.0 Å². The Morgan fingerprint density at radius 3 is 2.64 bits per heavy atom. The van der Waals surface area contributed by atoms with Crippen molar-refractivity contribution in [3.63, 3.8) is 0 Å². The maximum absolute atomic E-state index is 6.02. The highest BCUT2D eigenvalue weighted by molar-refractivity contribution is 5.00. The van der Waals surface area contributed by atoms with Gasteiger partial charge in [-0.1, -0.05) is 26.7 Å². The largest absolute Gasteiger partial charge is 0.329 e. The molecule has 1 fully saturated rings. The van der Waals surface area contributed by atoms with Crippen LogP contribution in [0.4, 0.5) is 0 Å². The minimum absolute atomic E-state index is 0.324. The number of likely N-dealkylation sites (N-methyl/N-ethyl adjacent to an activating group) is 1. The maximum Gasteiger partial charge on any atom is 0.0356 e. The summed E-state index contributed by atoms with van der Waals surface area (Å²) >= 11 is 0. The Balaban J connectivity index is 2.72. The fraction of sp³-hybridized carbons (Fsp3) is 1.00. The second-order valence-electron chi connectivity index (χ2n) is 4.73. The second kappa shape index (κ2) is 5.13. The third-order valence-electron chi connectivity index (χ3n) is 4.09. The number of nitrogens with zero attached hydrogens (tertiary/aromatic N) is 1. The van der Waals surface area contributed by atoms with Crippen LogP contribution in [-0.4, -0.2) is 30.6 Å². The van der Waals surface area contributed by atoms with Gasteiger partial charge in [0.2, 0.25) is 0 Å². The first-order chi connectivity index (χ1) is 6.71. The summed E-state index contributed by atoms with van der Waals surface area (Å²) < 4.78 is 0. The second-order valence-corrected chi connectivity index (χ2v) is 4.73. The fourth-order valence-electron chi connectivity index (χ4n) is 3.20. The molecule has 2 N–H and O–H groups in total. The zero-order valence-electron chi connectivity index (χ0n) is 10.1. The highest BCUT2D eigenvalue weighted by Crippen LogP contribution is 2.40. The lowest BCUT2D eigenvalue weighted by atomic mass is 9.83. The van der Waals surface area contributed by atoms with Crippen LogP contribution < -0.4 is 5.73 Å². The van der Waals surface area contributed by atoms with E-state index in [1.54, 1.807) is 0 Å². The summed E-state index contributed by atoms with van der Waals surface area (Å²) in [7, 11) is 2.25. The number of rotatable bonds is 5. The molecule has 1 saturated carbocycles. The molecule has 0 heterocycles. The smallest absolute Gasteiger partial charge is 0.0356 e. The maximum atomic E-state index is 6.02. The van der Waals surface area contributed by atoms with E-state index in [1.807, 2.05) is 0 Å². The number of hydrogen-bond donors (Lipinski definition) is 1. The molecule has 0 aliphatic heterocycles. The zero-order valence-corrected chi connectivity index (χ0v) is 10.1. The predicted molar refractivity (Wildman–Crippen MR) is 62.3 cm³/mol. The molecule has 0 aromatic heterocycles. The fourth-order valence-corrected chi connectivity index (χ4v) is 3.20. The standard InChI is InChI=1S/C12H26N2/c1-4-9-14(3)12(10-13)8-6-7-11(12)5-2/h11H,4-10,13H2,1-3H3. The molecule has 1 aliphatic rings. The highest BCUT2D eigenvalue weighted by atomic mass is 15.2. The minimum Gasteiger partial charge on any atom is -0.329 e. The zero-order chi connectivity index (χ0) is 10.6. The van der Waals surface area contributed by atoms with Gasteiger partial charge in [0.25, 0.3) is 0 Å². The van der Waals surface area contributed by atoms with Gasteiger partial charge in [-0.25, -0.2) is 0 Å². The first-order valence-electron chi connectivity index (χ1n) is 6.12. The summed E-state index contributed by atoms with van der Waals surface area (Å²) in [4.78, 5) is 2.52. The summed E-state index contributed by atoms with van der Waals surface area (Å²) in [6.45, 7) is 6.58. The highest BCUT2D eigenvalue weighted by Gasteiger charge is 2.43. The van der Waals surface area contributed by atoms with Crippen molar-refractivity contribution in [2.75, 3.05) is 20.1 Å². The van der Waals surface area contributed by atoms with Crippen molar-refractivity contribution in [3.8, 4) is 0 Å². The van der Waals surface area contributed by atoms with E-state index in [4.69, 9.17) is 5.73 Å². The molecule has 0 saturated heterocycles. The van der Waals surface area contributed by atoms with Crippen LogP contribution in [-0.2, 0) is 0 Å². The first kappa shape index (κ1) is 12.0. The average molecular weight is 198 g/mol. The SMILES string of the molecule is CCCN(C)C1(CN)CCCC1CC. The van der Waals surface area contributed by atoms with E-state index in [9.17, 15) is 0 Å². The van der Waals surface area contributed by atoms with Crippen LogP contribution in [0.15, 0.2) is 0 Å². The van der Waals surface area contributed by atoms with Gasteiger partial charge in [-0.05, 0) is 38.8 Å². The van der Waals surface area contributed by atoms with Crippen LogP contribution in [0.25, 0.3) is 0 Å². The lowest BCUT2D eigenvalue weighted by Gasteiger charge is -2.42. The molecule has 84 valence electrons. The Hall–Kier alpha value is -0.0800. The predicted octanol–water partition coefficient (Wildman–Crippen LogP) is 2.24. The average Bonchev–Trinajstić information content (AvgIpc) is 2.61. The van der Waals surface area contributed by atoms with Crippen molar-refractivity contribution in [1.82, 2.24) is 4.90 Å². The van der Waals surface area contributed by atoms with Gasteiger partial charge >= 0.3 is 0 Å². The topological polar surface area (TPSA) is 29.3 Å². The van der Waals surface area contributed by atoms with Gasteiger partial charge in [0.15, 0.2) is 0 Å². The third kappa shape index (κ3) is 1.96. The third-order valence-corrected chi connectivity index (χ3v) is 4.09. The molecule has 14 heavy (non-hydrogen) atoms. The Labute approximate surface area is 88.8 Å². The van der Waals surface area contributed by atoms with Crippen LogP contribution in [0, 0.1) is 5.92 Å². The summed E-state index contributed by atoms with van der Waals surface area (Å²) in [5.41, 5.74) is 6.35. The minimum atomic E-state index is 0.324. The van der Waals surface area contributed by atoms with E-state index in [0.29, 0.717) is 5.54 Å². The quantitative estimate of drug-likeness (QED) is 0.734. The summed E-state index contributed by atoms with van der Waals surface area (Å²) in [5, 5.41) is 0. The van der Waals surface area contributed by atoms with Crippen molar-refractivity contribution >= 4 is 0 Å². The summed E-state index contributed by atoms with van der Waals surface area (Å²) in [6.07, 6.45) is 6.56. The molecule has 0 spiro atoms. The van der Waals surface area contributed by atoms with Gasteiger partial charge < -0.3 is 5.73 Å². The molecule has 0 amide bonds. The van der Waals surface area contributed by atoms with E-state index in [0.717, 1.165) is 12.5 Å². The van der Waals surface area contributed by atoms with Crippen molar-refractivity contribution in [1.29, 1.82) is 0 Å². The van der Waals surface area contributed by atoms with E-state index in [1.165, 1.54) is 38.6 Å². The summed E-state index contributed by atoms with van der Waals surface area (Å²) in [6, 6.07) is 0. The van der Waals surface area contributed by atoms with Crippen LogP contribution >= 0.6 is 0 Å². The van der Waals surface area contributed by atoms with Gasteiger partial charge in [0.1, 0.15) is 0 Å². The van der Waals surface area contributed by atoms with E-state index < -0.39 is 0 Å². The lowest BCUT2D eigenvalue weighted by molar-refractivity contribution is 0.0819. The van der Waals surface area contributed by atoms with Crippen molar-refractivity contribution in [3.05, 3.63) is 0 Å². The monoisotopic (exact) mass is 198 g/mol. The van der Waals surface area contributed by atoms with E-state index >= 15 is 0 Å². The molecule has 2 atom stereocenters. The lowest BCUT2D eigenvalue weighted by Crippen LogP contribution is -2.54. The van der Waals surface area contributed by atoms with E-state index in [2.05, 4.69) is 25.8 Å². The number of hydrogen-bond acceptors (Lipinski definition) is 2. The Bertz CT molecular complexity index is 170. The summed E-state index contributed by atoms with van der Waals surface area (Å²) in [5.74, 6) is 0.823. The van der Waals surface area contributed by atoms with Gasteiger partial charge in [-0.15, -0.1) is 0 Å². The molecule has 0 aromatic carbocycles. The van der Waals surface area contributed by atoms with Crippen molar-refractivity contribution < 1.29 is 0 Å². The molecule has 2 heteroatoms. The van der Waals surface area contributed by atoms with Gasteiger partial charge in [-0.3, -0.25) is 4.90 Å². The molecule has 0 bridgehead atoms. The molecule has 0 radical (unpaired) electrons. The molecule has 1 rings (SSSR count). The first-order valence-corrected chi connectivity index (χ1v) is 6.12. The van der Waals surface area contributed by atoms with Crippen molar-refractivity contribution in [2.45, 2.75) is 51.5 Å². The Morgan fingerprint density at radius 1 is 1.43 bits per heavy atom. The molecular formula is C12H26N2. The van der Waals surface area contributed by atoms with E-state index in [-0.39, 0.29) is 0 Å². The molecule has 2 nitrogen and oxygen atoms in total. The van der Waals surface area contributed by atoms with Crippen LogP contribution in [0.2, 0.25) is 0 Å². The number of nitrogens with two attached hydrogens (primary N) is 1. The molecule has 1 aliphatic carbocycles. The van der Waals surface area contributed by atoms with Gasteiger partial charge in [-0.2, -0.15) is 0 Å². The van der Waals surface area contributed by atoms with Gasteiger partial charge in [0.05, 0.1) is 0 Å².